The van der Waals surface area contributed by atoms with Crippen molar-refractivity contribution in [3.05, 3.63) is 77.9 Å². The number of fused-ring (bicyclic) bond motifs is 1. The average Bonchev–Trinajstić information content (AvgIpc) is 3.18. The number of amides is 1. The highest BCUT2D eigenvalue weighted by Gasteiger charge is 2.12. The van der Waals surface area contributed by atoms with Crippen molar-refractivity contribution in [2.75, 3.05) is 11.9 Å². The molecule has 156 valence electrons. The zero-order valence-electron chi connectivity index (χ0n) is 17.1. The number of hydrogen-bond donors (Lipinski definition) is 2. The molecule has 1 amide bonds. The summed E-state index contributed by atoms with van der Waals surface area (Å²) >= 11 is 5.31. The van der Waals surface area contributed by atoms with Crippen LogP contribution in [0.3, 0.4) is 0 Å². The highest BCUT2D eigenvalue weighted by atomic mass is 32.1. The van der Waals surface area contributed by atoms with E-state index in [1.54, 1.807) is 29.1 Å². The maximum Gasteiger partial charge on any atom is 0.257 e. The SMILES string of the molecule is CCOc1ccc(-n2nc3cc(C)c(NC(=S)NC(=O)c4ccccc4)cc3n2)cc1. The summed E-state index contributed by atoms with van der Waals surface area (Å²) in [7, 11) is 0. The molecule has 4 rings (SSSR count). The second-order valence-electron chi connectivity index (χ2n) is 6.85. The number of benzene rings is 3. The molecule has 0 saturated heterocycles. The minimum absolute atomic E-state index is 0.218. The summed E-state index contributed by atoms with van der Waals surface area (Å²) in [5, 5.41) is 15.1. The van der Waals surface area contributed by atoms with E-state index in [0.717, 1.165) is 28.2 Å². The molecule has 0 bridgehead atoms. The Balaban J connectivity index is 1.52. The van der Waals surface area contributed by atoms with Crippen molar-refractivity contribution in [1.29, 1.82) is 0 Å². The van der Waals surface area contributed by atoms with Crippen LogP contribution in [-0.4, -0.2) is 32.6 Å². The van der Waals surface area contributed by atoms with E-state index in [1.807, 2.05) is 56.3 Å². The summed E-state index contributed by atoms with van der Waals surface area (Å²) in [6.07, 6.45) is 0. The summed E-state index contributed by atoms with van der Waals surface area (Å²) in [4.78, 5) is 13.9. The van der Waals surface area contributed by atoms with Gasteiger partial charge in [0.1, 0.15) is 16.8 Å². The van der Waals surface area contributed by atoms with Gasteiger partial charge in [0.15, 0.2) is 5.11 Å². The molecular formula is C23H21N5O2S. The van der Waals surface area contributed by atoms with E-state index in [-0.39, 0.29) is 11.0 Å². The van der Waals surface area contributed by atoms with Gasteiger partial charge in [-0.25, -0.2) is 0 Å². The fourth-order valence-corrected chi connectivity index (χ4v) is 3.28. The Morgan fingerprint density at radius 2 is 1.71 bits per heavy atom. The van der Waals surface area contributed by atoms with E-state index in [1.165, 1.54) is 0 Å². The van der Waals surface area contributed by atoms with Crippen LogP contribution in [0.4, 0.5) is 5.69 Å². The quantitative estimate of drug-likeness (QED) is 0.460. The second kappa shape index (κ2) is 8.93. The molecule has 0 spiro atoms. The lowest BCUT2D eigenvalue weighted by molar-refractivity contribution is 0.0977. The van der Waals surface area contributed by atoms with Crippen LogP contribution < -0.4 is 15.4 Å². The predicted molar refractivity (Wildman–Crippen MR) is 125 cm³/mol. The molecule has 0 saturated carbocycles. The van der Waals surface area contributed by atoms with E-state index in [0.29, 0.717) is 17.7 Å². The Morgan fingerprint density at radius 3 is 2.39 bits per heavy atom. The molecule has 0 aliphatic carbocycles. The van der Waals surface area contributed by atoms with Gasteiger partial charge in [-0.1, -0.05) is 18.2 Å². The molecule has 0 aliphatic heterocycles. The molecule has 4 aromatic rings. The first kappa shape index (κ1) is 20.5. The number of nitrogens with zero attached hydrogens (tertiary/aromatic N) is 3. The zero-order valence-corrected chi connectivity index (χ0v) is 17.9. The summed E-state index contributed by atoms with van der Waals surface area (Å²) in [5.74, 6) is 0.537. The van der Waals surface area contributed by atoms with Crippen molar-refractivity contribution in [2.45, 2.75) is 13.8 Å². The fourth-order valence-electron chi connectivity index (χ4n) is 3.08. The lowest BCUT2D eigenvalue weighted by Crippen LogP contribution is -2.34. The van der Waals surface area contributed by atoms with Crippen LogP contribution in [0.1, 0.15) is 22.8 Å². The summed E-state index contributed by atoms with van der Waals surface area (Å²) < 4.78 is 5.48. The first-order chi connectivity index (χ1) is 15.0. The van der Waals surface area contributed by atoms with Gasteiger partial charge in [-0.05, 0) is 80.2 Å². The molecule has 0 atom stereocenters. The number of aryl methyl sites for hydroxylation is 1. The number of carbonyl (C=O) groups is 1. The van der Waals surface area contributed by atoms with Crippen molar-refractivity contribution in [3.8, 4) is 11.4 Å². The lowest BCUT2D eigenvalue weighted by atomic mass is 10.2. The van der Waals surface area contributed by atoms with Gasteiger partial charge in [0.25, 0.3) is 5.91 Å². The first-order valence-corrected chi connectivity index (χ1v) is 10.2. The maximum atomic E-state index is 12.3. The van der Waals surface area contributed by atoms with Crippen LogP contribution in [-0.2, 0) is 0 Å². The molecule has 31 heavy (non-hydrogen) atoms. The number of hydrogen-bond acceptors (Lipinski definition) is 5. The van der Waals surface area contributed by atoms with Gasteiger partial charge in [-0.15, -0.1) is 10.2 Å². The highest BCUT2D eigenvalue weighted by Crippen LogP contribution is 2.23. The molecule has 0 fully saturated rings. The molecule has 7 nitrogen and oxygen atoms in total. The Morgan fingerprint density at radius 1 is 1.03 bits per heavy atom. The predicted octanol–water partition coefficient (Wildman–Crippen LogP) is 4.25. The van der Waals surface area contributed by atoms with Crippen molar-refractivity contribution >= 4 is 40.0 Å². The molecule has 1 aromatic heterocycles. The molecule has 3 aromatic carbocycles. The summed E-state index contributed by atoms with van der Waals surface area (Å²) in [5.41, 5.74) is 4.53. The Hall–Kier alpha value is -3.78. The average molecular weight is 432 g/mol. The molecule has 0 unspecified atom stereocenters. The first-order valence-electron chi connectivity index (χ1n) is 9.82. The molecule has 0 aliphatic rings. The molecule has 8 heteroatoms. The molecule has 2 N–H and O–H groups in total. The smallest absolute Gasteiger partial charge is 0.257 e. The number of ether oxygens (including phenoxy) is 1. The van der Waals surface area contributed by atoms with E-state index >= 15 is 0 Å². The highest BCUT2D eigenvalue weighted by molar-refractivity contribution is 7.80. The van der Waals surface area contributed by atoms with Crippen LogP contribution in [0.25, 0.3) is 16.7 Å². The molecule has 0 radical (unpaired) electrons. The van der Waals surface area contributed by atoms with Gasteiger partial charge in [0.2, 0.25) is 0 Å². The van der Waals surface area contributed by atoms with Gasteiger partial charge in [-0.2, -0.15) is 4.80 Å². The number of nitrogens with one attached hydrogen (secondary N) is 2. The van der Waals surface area contributed by atoms with E-state index in [9.17, 15) is 4.79 Å². The number of thiocarbonyl (C=S) groups is 1. The van der Waals surface area contributed by atoms with Crippen molar-refractivity contribution in [3.63, 3.8) is 0 Å². The topological polar surface area (TPSA) is 81.1 Å². The standard InChI is InChI=1S/C23H21N5O2S/c1-3-30-18-11-9-17(10-12-18)28-26-20-13-15(2)19(14-21(20)27-28)24-23(31)25-22(29)16-7-5-4-6-8-16/h4-14H,3H2,1-2H3,(H2,24,25,29,31). The van der Waals surface area contributed by atoms with E-state index in [4.69, 9.17) is 17.0 Å². The third-order valence-electron chi connectivity index (χ3n) is 4.62. The Labute approximate surface area is 185 Å². The lowest BCUT2D eigenvalue weighted by Gasteiger charge is -2.11. The monoisotopic (exact) mass is 431 g/mol. The summed E-state index contributed by atoms with van der Waals surface area (Å²) in [6.45, 7) is 4.51. The Bertz CT molecular complexity index is 1240. The number of rotatable bonds is 5. The summed E-state index contributed by atoms with van der Waals surface area (Å²) in [6, 6.07) is 20.3. The van der Waals surface area contributed by atoms with E-state index in [2.05, 4.69) is 20.8 Å². The normalized spacial score (nSPS) is 10.6. The third-order valence-corrected chi connectivity index (χ3v) is 4.82. The Kier molecular flexibility index (Phi) is 5.90. The van der Waals surface area contributed by atoms with Crippen molar-refractivity contribution in [1.82, 2.24) is 20.3 Å². The van der Waals surface area contributed by atoms with Gasteiger partial charge in [-0.3, -0.25) is 10.1 Å². The molecular weight excluding hydrogens is 410 g/mol. The minimum Gasteiger partial charge on any atom is -0.494 e. The van der Waals surface area contributed by atoms with Gasteiger partial charge in [0.05, 0.1) is 12.3 Å². The largest absolute Gasteiger partial charge is 0.494 e. The second-order valence-corrected chi connectivity index (χ2v) is 7.25. The van der Waals surface area contributed by atoms with Crippen LogP contribution in [0, 0.1) is 6.92 Å². The number of anilines is 1. The van der Waals surface area contributed by atoms with Crippen LogP contribution in [0.5, 0.6) is 5.75 Å². The fraction of sp³-hybridized carbons (Fsp3) is 0.130. The third kappa shape index (κ3) is 4.70. The maximum absolute atomic E-state index is 12.3. The van der Waals surface area contributed by atoms with Gasteiger partial charge in [0, 0.05) is 11.3 Å². The van der Waals surface area contributed by atoms with Crippen LogP contribution >= 0.6 is 12.2 Å². The van der Waals surface area contributed by atoms with E-state index < -0.39 is 0 Å². The zero-order chi connectivity index (χ0) is 21.8. The number of aromatic nitrogens is 3. The van der Waals surface area contributed by atoms with Gasteiger partial charge < -0.3 is 10.1 Å². The van der Waals surface area contributed by atoms with Gasteiger partial charge >= 0.3 is 0 Å². The van der Waals surface area contributed by atoms with Crippen molar-refractivity contribution < 1.29 is 9.53 Å². The van der Waals surface area contributed by atoms with Crippen LogP contribution in [0.2, 0.25) is 0 Å². The minimum atomic E-state index is -0.265. The number of carbonyl (C=O) groups excluding carboxylic acids is 1. The van der Waals surface area contributed by atoms with Crippen molar-refractivity contribution in [2.24, 2.45) is 0 Å². The van der Waals surface area contributed by atoms with Crippen LogP contribution in [0.15, 0.2) is 66.7 Å². The molecule has 1 heterocycles.